The average Bonchev–Trinajstić information content (AvgIpc) is 3.16. The van der Waals surface area contributed by atoms with Crippen molar-refractivity contribution in [3.63, 3.8) is 0 Å². The Morgan fingerprint density at radius 1 is 0.889 bits per heavy atom. The minimum absolute atomic E-state index is 0.0501. The van der Waals surface area contributed by atoms with Gasteiger partial charge in [-0.25, -0.2) is 0 Å². The number of benzene rings is 2. The quantitative estimate of drug-likeness (QED) is 0.625. The summed E-state index contributed by atoms with van der Waals surface area (Å²) in [6, 6.07) is 19.0. The maximum Gasteiger partial charge on any atom is 0.243 e. The predicted molar refractivity (Wildman–Crippen MR) is 99.2 cm³/mol. The highest BCUT2D eigenvalue weighted by Gasteiger charge is 2.09. The minimum Gasteiger partial charge on any atom is -0.354 e. The Balaban J connectivity index is 1.37. The summed E-state index contributed by atoms with van der Waals surface area (Å²) in [7, 11) is 0. The monoisotopic (exact) mass is 364 g/mol. The van der Waals surface area contributed by atoms with Crippen molar-refractivity contribution in [3.05, 3.63) is 66.2 Å². The van der Waals surface area contributed by atoms with Crippen LogP contribution in [0, 0.1) is 0 Å². The fraction of sp³-hybridized carbons (Fsp3) is 0.211. The lowest BCUT2D eigenvalue weighted by Crippen LogP contribution is -2.32. The molecule has 0 fully saturated rings. The number of rotatable bonds is 8. The van der Waals surface area contributed by atoms with Crippen LogP contribution in [0.1, 0.15) is 12.0 Å². The first-order chi connectivity index (χ1) is 13.2. The highest BCUT2D eigenvalue weighted by atomic mass is 16.2. The summed E-state index contributed by atoms with van der Waals surface area (Å²) in [5.74, 6) is 0.0657. The molecular weight excluding hydrogens is 344 g/mol. The van der Waals surface area contributed by atoms with E-state index in [-0.39, 0.29) is 31.3 Å². The molecule has 0 unspecified atom stereocenters. The van der Waals surface area contributed by atoms with Crippen LogP contribution in [0.15, 0.2) is 60.7 Å². The van der Waals surface area contributed by atoms with Gasteiger partial charge in [0.1, 0.15) is 6.54 Å². The van der Waals surface area contributed by atoms with E-state index in [0.29, 0.717) is 12.4 Å². The molecule has 0 saturated heterocycles. The van der Waals surface area contributed by atoms with Gasteiger partial charge in [-0.05, 0) is 10.8 Å². The molecular formula is C19H20N6O2. The van der Waals surface area contributed by atoms with Gasteiger partial charge in [0, 0.05) is 25.1 Å². The Labute approximate surface area is 156 Å². The number of hydrogen-bond acceptors (Lipinski definition) is 5. The molecule has 3 aromatic rings. The van der Waals surface area contributed by atoms with Crippen molar-refractivity contribution in [1.29, 1.82) is 0 Å². The van der Waals surface area contributed by atoms with Crippen LogP contribution in [0.2, 0.25) is 0 Å². The Morgan fingerprint density at radius 2 is 1.59 bits per heavy atom. The van der Waals surface area contributed by atoms with E-state index in [1.54, 1.807) is 0 Å². The molecule has 27 heavy (non-hydrogen) atoms. The van der Waals surface area contributed by atoms with E-state index in [1.807, 2.05) is 60.7 Å². The maximum absolute atomic E-state index is 11.9. The Morgan fingerprint density at radius 3 is 2.33 bits per heavy atom. The largest absolute Gasteiger partial charge is 0.354 e. The van der Waals surface area contributed by atoms with Crippen LogP contribution >= 0.6 is 0 Å². The summed E-state index contributed by atoms with van der Waals surface area (Å²) in [6.07, 6.45) is 0.207. The van der Waals surface area contributed by atoms with Gasteiger partial charge in [-0.1, -0.05) is 60.7 Å². The molecule has 138 valence electrons. The molecule has 3 rings (SSSR count). The fourth-order valence-electron chi connectivity index (χ4n) is 2.40. The summed E-state index contributed by atoms with van der Waals surface area (Å²) in [5.41, 5.74) is 1.86. The van der Waals surface area contributed by atoms with Gasteiger partial charge in [0.25, 0.3) is 0 Å². The highest BCUT2D eigenvalue weighted by Crippen LogP contribution is 2.11. The van der Waals surface area contributed by atoms with E-state index in [9.17, 15) is 9.59 Å². The second kappa shape index (κ2) is 9.23. The summed E-state index contributed by atoms with van der Waals surface area (Å²) in [6.45, 7) is 0.671. The Bertz CT molecular complexity index is 879. The fourth-order valence-corrected chi connectivity index (χ4v) is 2.40. The number of carbonyl (C=O) groups is 2. The van der Waals surface area contributed by atoms with E-state index in [2.05, 4.69) is 26.0 Å². The molecule has 8 heteroatoms. The average molecular weight is 364 g/mol. The molecule has 2 aromatic carbocycles. The third kappa shape index (κ3) is 5.74. The van der Waals surface area contributed by atoms with E-state index in [4.69, 9.17) is 0 Å². The zero-order valence-corrected chi connectivity index (χ0v) is 14.7. The third-order valence-electron chi connectivity index (χ3n) is 3.78. The molecule has 8 nitrogen and oxygen atoms in total. The number of tetrazole rings is 1. The second-order valence-corrected chi connectivity index (χ2v) is 5.87. The molecule has 0 bridgehead atoms. The van der Waals surface area contributed by atoms with Crippen LogP contribution in [-0.2, 0) is 22.7 Å². The van der Waals surface area contributed by atoms with Gasteiger partial charge in [-0.2, -0.15) is 4.80 Å². The summed E-state index contributed by atoms with van der Waals surface area (Å²) >= 11 is 0. The standard InChI is InChI=1S/C19H20N6O2/c26-17(21-13-15-7-3-1-4-8-15)11-12-20-18(27)14-25-23-19(22-24-25)16-9-5-2-6-10-16/h1-10H,11-14H2,(H,20,27)(H,21,26). The number of aromatic nitrogens is 4. The Kier molecular flexibility index (Phi) is 6.24. The van der Waals surface area contributed by atoms with Crippen molar-refractivity contribution in [1.82, 2.24) is 30.8 Å². The van der Waals surface area contributed by atoms with Crippen LogP contribution in [0.5, 0.6) is 0 Å². The number of amides is 2. The van der Waals surface area contributed by atoms with E-state index < -0.39 is 0 Å². The number of hydrogen-bond donors (Lipinski definition) is 2. The van der Waals surface area contributed by atoms with E-state index >= 15 is 0 Å². The van der Waals surface area contributed by atoms with Crippen molar-refractivity contribution in [3.8, 4) is 11.4 Å². The lowest BCUT2D eigenvalue weighted by molar-refractivity contribution is -0.123. The van der Waals surface area contributed by atoms with Crippen LogP contribution < -0.4 is 10.6 Å². The maximum atomic E-state index is 11.9. The lowest BCUT2D eigenvalue weighted by Gasteiger charge is -2.06. The minimum atomic E-state index is -0.275. The first-order valence-electron chi connectivity index (χ1n) is 8.61. The zero-order valence-electron chi connectivity index (χ0n) is 14.7. The van der Waals surface area contributed by atoms with Crippen molar-refractivity contribution >= 4 is 11.8 Å². The normalized spacial score (nSPS) is 10.4. The van der Waals surface area contributed by atoms with Gasteiger partial charge < -0.3 is 10.6 Å². The number of carbonyl (C=O) groups excluding carboxylic acids is 2. The molecule has 0 aliphatic heterocycles. The van der Waals surface area contributed by atoms with Crippen LogP contribution in [0.25, 0.3) is 11.4 Å². The number of nitrogens with one attached hydrogen (secondary N) is 2. The van der Waals surface area contributed by atoms with E-state index in [1.165, 1.54) is 4.80 Å². The van der Waals surface area contributed by atoms with Crippen LogP contribution in [-0.4, -0.2) is 38.6 Å². The van der Waals surface area contributed by atoms with Crippen molar-refractivity contribution in [2.24, 2.45) is 0 Å². The third-order valence-corrected chi connectivity index (χ3v) is 3.78. The lowest BCUT2D eigenvalue weighted by atomic mass is 10.2. The van der Waals surface area contributed by atoms with Crippen molar-refractivity contribution in [2.45, 2.75) is 19.5 Å². The molecule has 1 aromatic heterocycles. The van der Waals surface area contributed by atoms with Crippen molar-refractivity contribution in [2.75, 3.05) is 6.54 Å². The summed E-state index contributed by atoms with van der Waals surface area (Å²) in [5, 5.41) is 17.5. The van der Waals surface area contributed by atoms with Crippen molar-refractivity contribution < 1.29 is 9.59 Å². The SMILES string of the molecule is O=C(CCNC(=O)Cn1nnc(-c2ccccc2)n1)NCc1ccccc1. The summed E-state index contributed by atoms with van der Waals surface area (Å²) in [4.78, 5) is 25.0. The molecule has 1 heterocycles. The zero-order chi connectivity index (χ0) is 18.9. The smallest absolute Gasteiger partial charge is 0.243 e. The molecule has 0 aliphatic rings. The van der Waals surface area contributed by atoms with Crippen LogP contribution in [0.4, 0.5) is 0 Å². The predicted octanol–water partition coefficient (Wildman–Crippen LogP) is 1.16. The molecule has 2 N–H and O–H groups in total. The van der Waals surface area contributed by atoms with E-state index in [0.717, 1.165) is 11.1 Å². The molecule has 0 saturated carbocycles. The van der Waals surface area contributed by atoms with Gasteiger partial charge >= 0.3 is 0 Å². The molecule has 0 atom stereocenters. The van der Waals surface area contributed by atoms with Gasteiger partial charge in [0.2, 0.25) is 17.6 Å². The topological polar surface area (TPSA) is 102 Å². The summed E-state index contributed by atoms with van der Waals surface area (Å²) < 4.78 is 0. The number of nitrogens with zero attached hydrogens (tertiary/aromatic N) is 4. The van der Waals surface area contributed by atoms with Gasteiger partial charge in [0.15, 0.2) is 0 Å². The van der Waals surface area contributed by atoms with Gasteiger partial charge in [0.05, 0.1) is 0 Å². The molecule has 0 aliphatic carbocycles. The van der Waals surface area contributed by atoms with Gasteiger partial charge in [-0.3, -0.25) is 9.59 Å². The molecule has 2 amide bonds. The second-order valence-electron chi connectivity index (χ2n) is 5.87. The first kappa shape index (κ1) is 18.2. The van der Waals surface area contributed by atoms with Crippen LogP contribution in [0.3, 0.4) is 0 Å². The first-order valence-corrected chi connectivity index (χ1v) is 8.61. The highest BCUT2D eigenvalue weighted by molar-refractivity contribution is 5.78. The molecule has 0 spiro atoms. The Hall–Kier alpha value is -3.55. The molecule has 0 radical (unpaired) electrons. The van der Waals surface area contributed by atoms with Gasteiger partial charge in [-0.15, -0.1) is 10.2 Å².